The van der Waals surface area contributed by atoms with E-state index in [4.69, 9.17) is 4.42 Å². The van der Waals surface area contributed by atoms with Gasteiger partial charge in [0.2, 0.25) is 0 Å². The molecule has 0 saturated carbocycles. The molecule has 2 heterocycles. The third-order valence-corrected chi connectivity index (χ3v) is 6.04. The Morgan fingerprint density at radius 1 is 1.28 bits per heavy atom. The van der Waals surface area contributed by atoms with Crippen LogP contribution in [-0.4, -0.2) is 25.0 Å². The van der Waals surface area contributed by atoms with Crippen molar-refractivity contribution in [3.8, 4) is 0 Å². The van der Waals surface area contributed by atoms with E-state index in [2.05, 4.69) is 35.9 Å². The van der Waals surface area contributed by atoms with Crippen LogP contribution in [0.25, 0.3) is 11.0 Å². The van der Waals surface area contributed by atoms with Gasteiger partial charge in [0, 0.05) is 29.3 Å². The molecule has 132 valence electrons. The molecule has 4 nitrogen and oxygen atoms in total. The van der Waals surface area contributed by atoms with Crippen LogP contribution in [0.5, 0.6) is 0 Å². The Hall–Kier alpha value is -1.76. The van der Waals surface area contributed by atoms with Gasteiger partial charge in [-0.25, -0.2) is 0 Å². The van der Waals surface area contributed by atoms with Gasteiger partial charge in [0.15, 0.2) is 5.76 Å². The Balaban J connectivity index is 1.80. The van der Waals surface area contributed by atoms with Gasteiger partial charge in [-0.15, -0.1) is 23.1 Å². The van der Waals surface area contributed by atoms with Crippen LogP contribution >= 0.6 is 23.1 Å². The number of thiophene rings is 1. The maximum Gasteiger partial charge on any atom is 0.287 e. The number of likely N-dealkylation sites (N-methyl/N-ethyl adjacent to an activating group) is 1. The van der Waals surface area contributed by atoms with Gasteiger partial charge >= 0.3 is 0 Å². The Morgan fingerprint density at radius 2 is 2.12 bits per heavy atom. The van der Waals surface area contributed by atoms with E-state index in [0.717, 1.165) is 23.1 Å². The molecule has 3 aromatic rings. The van der Waals surface area contributed by atoms with Crippen LogP contribution in [0.4, 0.5) is 0 Å². The van der Waals surface area contributed by atoms with Crippen LogP contribution in [0.1, 0.15) is 30.0 Å². The molecule has 25 heavy (non-hydrogen) atoms. The summed E-state index contributed by atoms with van der Waals surface area (Å²) >= 11 is 3.44. The van der Waals surface area contributed by atoms with Gasteiger partial charge in [-0.1, -0.05) is 31.2 Å². The van der Waals surface area contributed by atoms with Crippen LogP contribution in [0.15, 0.2) is 50.4 Å². The lowest BCUT2D eigenvalue weighted by atomic mass is 10.1. The summed E-state index contributed by atoms with van der Waals surface area (Å²) in [6.45, 7) is 5.55. The second-order valence-electron chi connectivity index (χ2n) is 5.80. The first-order valence-electron chi connectivity index (χ1n) is 8.37. The van der Waals surface area contributed by atoms with Crippen molar-refractivity contribution in [3.63, 3.8) is 0 Å². The Kier molecular flexibility index (Phi) is 6.18. The molecule has 1 amide bonds. The zero-order valence-corrected chi connectivity index (χ0v) is 16.0. The minimum absolute atomic E-state index is 0.150. The number of nitrogens with one attached hydrogen (secondary N) is 2. The maximum atomic E-state index is 12.7. The quantitative estimate of drug-likeness (QED) is 0.570. The van der Waals surface area contributed by atoms with Gasteiger partial charge in [0.05, 0.1) is 4.21 Å². The fraction of sp³-hybridized carbons (Fsp3) is 0.316. The highest BCUT2D eigenvalue weighted by atomic mass is 32.2. The molecule has 3 rings (SSSR count). The molecular formula is C19H22N2O2S2. The minimum atomic E-state index is -0.150. The summed E-state index contributed by atoms with van der Waals surface area (Å²) in [7, 11) is 0. The largest absolute Gasteiger partial charge is 0.451 e. The van der Waals surface area contributed by atoms with E-state index in [-0.39, 0.29) is 11.9 Å². The Morgan fingerprint density at radius 3 is 2.88 bits per heavy atom. The second-order valence-corrected chi connectivity index (χ2v) is 8.02. The predicted molar refractivity (Wildman–Crippen MR) is 106 cm³/mol. The molecule has 0 aliphatic rings. The summed E-state index contributed by atoms with van der Waals surface area (Å²) in [6, 6.07) is 12.2. The molecule has 0 bridgehead atoms. The average molecular weight is 375 g/mol. The van der Waals surface area contributed by atoms with Crippen LogP contribution in [0.3, 0.4) is 0 Å². The van der Waals surface area contributed by atoms with E-state index in [1.165, 1.54) is 4.21 Å². The lowest BCUT2D eigenvalue weighted by Crippen LogP contribution is -2.38. The van der Waals surface area contributed by atoms with E-state index in [1.807, 2.05) is 30.3 Å². The van der Waals surface area contributed by atoms with Gasteiger partial charge in [-0.3, -0.25) is 4.79 Å². The number of thioether (sulfide) groups is 1. The van der Waals surface area contributed by atoms with Gasteiger partial charge in [0.1, 0.15) is 5.58 Å². The molecule has 2 aromatic heterocycles. The third-order valence-electron chi connectivity index (χ3n) is 3.88. The summed E-state index contributed by atoms with van der Waals surface area (Å²) in [5.74, 6) is 0.986. The number of carbonyl (C=O) groups excluding carboxylic acids is 1. The molecule has 6 heteroatoms. The molecule has 0 spiro atoms. The lowest BCUT2D eigenvalue weighted by Gasteiger charge is -2.12. The molecule has 0 unspecified atom stereocenters. The first-order valence-corrected chi connectivity index (χ1v) is 10.2. The number of rotatable bonds is 8. The Labute approximate surface area is 156 Å². The first kappa shape index (κ1) is 18.0. The summed E-state index contributed by atoms with van der Waals surface area (Å²) < 4.78 is 7.11. The predicted octanol–water partition coefficient (Wildman–Crippen LogP) is 4.51. The van der Waals surface area contributed by atoms with Gasteiger partial charge in [-0.2, -0.15) is 0 Å². The molecule has 1 aromatic carbocycles. The molecule has 2 N–H and O–H groups in total. The van der Waals surface area contributed by atoms with E-state index >= 15 is 0 Å². The smallest absolute Gasteiger partial charge is 0.287 e. The van der Waals surface area contributed by atoms with E-state index < -0.39 is 0 Å². The summed E-state index contributed by atoms with van der Waals surface area (Å²) in [5, 5.41) is 9.34. The van der Waals surface area contributed by atoms with Crippen LogP contribution in [0, 0.1) is 0 Å². The van der Waals surface area contributed by atoms with Crippen molar-refractivity contribution in [2.75, 3.05) is 13.1 Å². The monoisotopic (exact) mass is 374 g/mol. The fourth-order valence-corrected chi connectivity index (χ4v) is 4.47. The van der Waals surface area contributed by atoms with E-state index in [9.17, 15) is 4.79 Å². The summed E-state index contributed by atoms with van der Waals surface area (Å²) in [5.41, 5.74) is 1.72. The average Bonchev–Trinajstić information content (AvgIpc) is 3.25. The number of para-hydroxylation sites is 1. The first-order chi connectivity index (χ1) is 12.2. The lowest BCUT2D eigenvalue weighted by molar-refractivity contribution is 0.0923. The van der Waals surface area contributed by atoms with Crippen molar-refractivity contribution in [1.82, 2.24) is 10.6 Å². The highest BCUT2D eigenvalue weighted by Gasteiger charge is 2.20. The molecule has 0 radical (unpaired) electrons. The van der Waals surface area contributed by atoms with Gasteiger partial charge in [0.25, 0.3) is 5.91 Å². The number of fused-ring (bicyclic) bond motifs is 1. The zero-order chi connectivity index (χ0) is 17.6. The number of amides is 1. The Bertz CT molecular complexity index is 827. The number of benzene rings is 1. The molecular weight excluding hydrogens is 352 g/mol. The highest BCUT2D eigenvalue weighted by molar-refractivity contribution is 8.00. The maximum absolute atomic E-state index is 12.7. The van der Waals surface area contributed by atoms with Crippen molar-refractivity contribution >= 4 is 40.0 Å². The third kappa shape index (κ3) is 4.45. The van der Waals surface area contributed by atoms with Crippen LogP contribution in [-0.2, 0) is 5.75 Å². The normalized spacial score (nSPS) is 12.4. The number of hydrogen-bond acceptors (Lipinski definition) is 5. The fourth-order valence-electron chi connectivity index (χ4n) is 2.66. The molecule has 1 atom stereocenters. The van der Waals surface area contributed by atoms with Gasteiger partial charge in [-0.05, 0) is 31.0 Å². The van der Waals surface area contributed by atoms with Crippen molar-refractivity contribution in [3.05, 3.63) is 53.1 Å². The standard InChI is InChI=1S/C19H22N2O2S2/c1-3-20-13(2)11-21-19(22)18-15(12-25-17-9-6-10-24-17)14-7-4-5-8-16(14)23-18/h4-10,13,20H,3,11-12H2,1-2H3,(H,21,22)/t13-/m1/s1. The SMILES string of the molecule is CCN[C@H](C)CNC(=O)c1oc2ccccc2c1CSc1cccs1. The topological polar surface area (TPSA) is 54.3 Å². The van der Waals surface area contributed by atoms with Crippen LogP contribution in [0.2, 0.25) is 0 Å². The minimum Gasteiger partial charge on any atom is -0.451 e. The molecule has 0 saturated heterocycles. The number of hydrogen-bond donors (Lipinski definition) is 2. The van der Waals surface area contributed by atoms with Crippen molar-refractivity contribution in [2.24, 2.45) is 0 Å². The summed E-state index contributed by atoms with van der Waals surface area (Å²) in [4.78, 5) is 12.7. The number of carbonyl (C=O) groups is 1. The second kappa shape index (κ2) is 8.56. The number of furan rings is 1. The highest BCUT2D eigenvalue weighted by Crippen LogP contribution is 2.33. The van der Waals surface area contributed by atoms with E-state index in [1.54, 1.807) is 23.1 Å². The zero-order valence-electron chi connectivity index (χ0n) is 14.4. The van der Waals surface area contributed by atoms with Crippen molar-refractivity contribution < 1.29 is 9.21 Å². The molecule has 0 aliphatic carbocycles. The van der Waals surface area contributed by atoms with Crippen molar-refractivity contribution in [2.45, 2.75) is 29.9 Å². The molecule has 0 fully saturated rings. The van der Waals surface area contributed by atoms with Gasteiger partial charge < -0.3 is 15.1 Å². The summed E-state index contributed by atoms with van der Waals surface area (Å²) in [6.07, 6.45) is 0. The molecule has 0 aliphatic heterocycles. The van der Waals surface area contributed by atoms with E-state index in [0.29, 0.717) is 18.1 Å². The van der Waals surface area contributed by atoms with Crippen molar-refractivity contribution in [1.29, 1.82) is 0 Å². The van der Waals surface area contributed by atoms with Crippen LogP contribution < -0.4 is 10.6 Å².